The maximum Gasteiger partial charge on any atom is 0.182 e. The van der Waals surface area contributed by atoms with Gasteiger partial charge in [-0.3, -0.25) is 4.57 Å². The molecule has 0 fully saturated rings. The number of hydrogen-bond donors (Lipinski definition) is 1. The zero-order valence-corrected chi connectivity index (χ0v) is 12.7. The first kappa shape index (κ1) is 13.6. The summed E-state index contributed by atoms with van der Waals surface area (Å²) >= 11 is 17.3. The van der Waals surface area contributed by atoms with Crippen molar-refractivity contribution < 1.29 is 4.39 Å². The lowest BCUT2D eigenvalue weighted by molar-refractivity contribution is 0.625. The van der Waals surface area contributed by atoms with Gasteiger partial charge in [0.2, 0.25) is 0 Å². The van der Waals surface area contributed by atoms with Crippen molar-refractivity contribution in [2.45, 2.75) is 6.92 Å². The summed E-state index contributed by atoms with van der Waals surface area (Å²) in [6, 6.07) is 8.17. The third kappa shape index (κ3) is 2.24. The number of imidazole rings is 1. The number of aromatic nitrogens is 2. The molecule has 2 aromatic carbocycles. The SMILES string of the molecule is Cc1cc(F)cc(-n2c(=S)[nH]c3cc(Cl)c(Cl)cc32)c1. The van der Waals surface area contributed by atoms with Gasteiger partial charge in [-0.05, 0) is 55.0 Å². The van der Waals surface area contributed by atoms with Gasteiger partial charge >= 0.3 is 0 Å². The van der Waals surface area contributed by atoms with Gasteiger partial charge in [0.1, 0.15) is 5.82 Å². The summed E-state index contributed by atoms with van der Waals surface area (Å²) in [6.45, 7) is 1.83. The van der Waals surface area contributed by atoms with E-state index >= 15 is 0 Å². The van der Waals surface area contributed by atoms with Crippen molar-refractivity contribution in [1.29, 1.82) is 0 Å². The minimum Gasteiger partial charge on any atom is -0.330 e. The van der Waals surface area contributed by atoms with Crippen LogP contribution in [0.2, 0.25) is 10.0 Å². The number of H-pyrrole nitrogens is 1. The molecule has 20 heavy (non-hydrogen) atoms. The highest BCUT2D eigenvalue weighted by molar-refractivity contribution is 7.71. The summed E-state index contributed by atoms with van der Waals surface area (Å²) < 4.78 is 15.8. The van der Waals surface area contributed by atoms with Crippen molar-refractivity contribution in [3.8, 4) is 5.69 Å². The van der Waals surface area contributed by atoms with Crippen LogP contribution in [0.3, 0.4) is 0 Å². The first-order valence-corrected chi connectivity index (χ1v) is 6.99. The van der Waals surface area contributed by atoms with E-state index in [9.17, 15) is 4.39 Å². The number of nitrogens with zero attached hydrogens (tertiary/aromatic N) is 1. The molecular weight excluding hydrogens is 318 g/mol. The molecule has 0 unspecified atom stereocenters. The van der Waals surface area contributed by atoms with Crippen molar-refractivity contribution >= 4 is 46.5 Å². The molecule has 102 valence electrons. The van der Waals surface area contributed by atoms with Crippen LogP contribution in [-0.2, 0) is 0 Å². The normalized spacial score (nSPS) is 11.2. The van der Waals surface area contributed by atoms with Crippen LogP contribution in [0.15, 0.2) is 30.3 Å². The number of aromatic amines is 1. The minimum absolute atomic E-state index is 0.309. The third-order valence-electron chi connectivity index (χ3n) is 3.01. The second kappa shape index (κ2) is 4.88. The highest BCUT2D eigenvalue weighted by Gasteiger charge is 2.10. The predicted molar refractivity (Wildman–Crippen MR) is 83.2 cm³/mol. The van der Waals surface area contributed by atoms with Gasteiger partial charge in [0.15, 0.2) is 4.77 Å². The Hall–Kier alpha value is -1.36. The summed E-state index contributed by atoms with van der Waals surface area (Å²) in [7, 11) is 0. The zero-order valence-electron chi connectivity index (χ0n) is 10.4. The number of halogens is 3. The molecule has 0 saturated heterocycles. The number of hydrogen-bond acceptors (Lipinski definition) is 1. The Morgan fingerprint density at radius 1 is 1.10 bits per heavy atom. The van der Waals surface area contributed by atoms with Gasteiger partial charge in [-0.1, -0.05) is 23.2 Å². The van der Waals surface area contributed by atoms with Crippen molar-refractivity contribution in [3.05, 3.63) is 56.5 Å². The zero-order chi connectivity index (χ0) is 14.4. The summed E-state index contributed by atoms with van der Waals surface area (Å²) in [6.07, 6.45) is 0. The summed E-state index contributed by atoms with van der Waals surface area (Å²) in [5, 5.41) is 0.869. The topological polar surface area (TPSA) is 20.7 Å². The lowest BCUT2D eigenvalue weighted by atomic mass is 10.2. The molecule has 2 nitrogen and oxygen atoms in total. The van der Waals surface area contributed by atoms with Crippen LogP contribution in [0, 0.1) is 17.5 Å². The van der Waals surface area contributed by atoms with E-state index in [1.54, 1.807) is 16.7 Å². The number of benzene rings is 2. The Bertz CT molecular complexity index is 862. The molecule has 0 radical (unpaired) electrons. The Morgan fingerprint density at radius 2 is 1.80 bits per heavy atom. The Morgan fingerprint density at radius 3 is 2.50 bits per heavy atom. The molecule has 1 heterocycles. The van der Waals surface area contributed by atoms with Crippen molar-refractivity contribution in [2.75, 3.05) is 0 Å². The van der Waals surface area contributed by atoms with Gasteiger partial charge in [-0.2, -0.15) is 0 Å². The molecule has 0 atom stereocenters. The van der Waals surface area contributed by atoms with Crippen LogP contribution in [0.4, 0.5) is 4.39 Å². The maximum atomic E-state index is 13.6. The van der Waals surface area contributed by atoms with Gasteiger partial charge in [-0.15, -0.1) is 0 Å². The summed E-state index contributed by atoms with van der Waals surface area (Å²) in [5.74, 6) is -0.309. The minimum atomic E-state index is -0.309. The summed E-state index contributed by atoms with van der Waals surface area (Å²) in [4.78, 5) is 3.04. The average Bonchev–Trinajstić information content (AvgIpc) is 2.64. The average molecular weight is 327 g/mol. The van der Waals surface area contributed by atoms with Crippen molar-refractivity contribution in [2.24, 2.45) is 0 Å². The van der Waals surface area contributed by atoms with Crippen LogP contribution in [-0.4, -0.2) is 9.55 Å². The molecule has 0 aliphatic carbocycles. The number of aryl methyl sites for hydroxylation is 1. The number of fused-ring (bicyclic) bond motifs is 1. The highest BCUT2D eigenvalue weighted by Crippen LogP contribution is 2.29. The van der Waals surface area contributed by atoms with E-state index in [4.69, 9.17) is 35.4 Å². The standard InChI is InChI=1S/C14H9Cl2FN2S/c1-7-2-8(17)4-9(3-7)19-13-6-11(16)10(15)5-12(13)18-14(19)20/h2-6H,1H3,(H,18,20). The van der Waals surface area contributed by atoms with E-state index in [0.717, 1.165) is 16.6 Å². The highest BCUT2D eigenvalue weighted by atomic mass is 35.5. The van der Waals surface area contributed by atoms with Gasteiger partial charge in [0, 0.05) is 0 Å². The number of rotatable bonds is 1. The largest absolute Gasteiger partial charge is 0.330 e. The number of nitrogens with one attached hydrogen (secondary N) is 1. The van der Waals surface area contributed by atoms with E-state index < -0.39 is 0 Å². The first-order chi connectivity index (χ1) is 9.45. The molecule has 0 spiro atoms. The Kier molecular flexibility index (Phi) is 3.32. The maximum absolute atomic E-state index is 13.6. The van der Waals surface area contributed by atoms with Crippen molar-refractivity contribution in [3.63, 3.8) is 0 Å². The molecule has 6 heteroatoms. The second-order valence-corrected chi connectivity index (χ2v) is 5.74. The van der Waals surface area contributed by atoms with E-state index in [2.05, 4.69) is 4.98 Å². The lowest BCUT2D eigenvalue weighted by Gasteiger charge is -2.07. The fraction of sp³-hybridized carbons (Fsp3) is 0.0714. The fourth-order valence-electron chi connectivity index (χ4n) is 2.20. The van der Waals surface area contributed by atoms with Gasteiger partial charge in [-0.25, -0.2) is 4.39 Å². The van der Waals surface area contributed by atoms with Crippen LogP contribution in [0.1, 0.15) is 5.56 Å². The van der Waals surface area contributed by atoms with Gasteiger partial charge < -0.3 is 4.98 Å². The monoisotopic (exact) mass is 326 g/mol. The van der Waals surface area contributed by atoms with Crippen LogP contribution < -0.4 is 0 Å². The molecule has 0 aliphatic rings. The smallest absolute Gasteiger partial charge is 0.182 e. The van der Waals surface area contributed by atoms with Crippen LogP contribution in [0.5, 0.6) is 0 Å². The second-order valence-electron chi connectivity index (χ2n) is 4.54. The van der Waals surface area contributed by atoms with Gasteiger partial charge in [0.05, 0.1) is 26.8 Å². The fourth-order valence-corrected chi connectivity index (χ4v) is 2.84. The molecule has 3 rings (SSSR count). The molecule has 1 aromatic heterocycles. The Labute approximate surface area is 129 Å². The van der Waals surface area contributed by atoms with E-state index in [-0.39, 0.29) is 5.82 Å². The van der Waals surface area contributed by atoms with Crippen molar-refractivity contribution in [1.82, 2.24) is 9.55 Å². The molecule has 1 N–H and O–H groups in total. The first-order valence-electron chi connectivity index (χ1n) is 5.83. The van der Waals surface area contributed by atoms with E-state index in [1.807, 2.05) is 13.0 Å². The lowest BCUT2D eigenvalue weighted by Crippen LogP contribution is -1.96. The van der Waals surface area contributed by atoms with Crippen LogP contribution >= 0.6 is 35.4 Å². The third-order valence-corrected chi connectivity index (χ3v) is 4.02. The van der Waals surface area contributed by atoms with E-state index in [0.29, 0.717) is 20.5 Å². The summed E-state index contributed by atoms with van der Waals surface area (Å²) in [5.41, 5.74) is 2.98. The molecule has 3 aromatic rings. The molecular formula is C14H9Cl2FN2S. The predicted octanol–water partition coefficient (Wildman–Crippen LogP) is 5.44. The van der Waals surface area contributed by atoms with Crippen LogP contribution in [0.25, 0.3) is 16.7 Å². The molecule has 0 saturated carbocycles. The van der Waals surface area contributed by atoms with E-state index in [1.165, 1.54) is 12.1 Å². The quantitative estimate of drug-likeness (QED) is 0.590. The van der Waals surface area contributed by atoms with Gasteiger partial charge in [0.25, 0.3) is 0 Å². The molecule has 0 bridgehead atoms. The molecule has 0 aliphatic heterocycles. The Balaban J connectivity index is 2.38. The molecule has 0 amide bonds.